The second-order valence-corrected chi connectivity index (χ2v) is 4.71. The molecule has 2 heterocycles. The number of carbonyl (C=O) groups is 1. The summed E-state index contributed by atoms with van der Waals surface area (Å²) in [5, 5.41) is 3.93. The predicted octanol–water partition coefficient (Wildman–Crippen LogP) is 2.83. The normalized spacial score (nSPS) is 12.4. The third-order valence-corrected chi connectivity index (χ3v) is 3.07. The van der Waals surface area contributed by atoms with Crippen LogP contribution in [0.15, 0.2) is 16.8 Å². The van der Waals surface area contributed by atoms with E-state index in [2.05, 4.69) is 15.1 Å². The molecule has 0 bridgehead atoms. The van der Waals surface area contributed by atoms with Crippen LogP contribution >= 0.6 is 0 Å². The van der Waals surface area contributed by atoms with Crippen LogP contribution in [-0.4, -0.2) is 20.9 Å². The molecule has 19 heavy (non-hydrogen) atoms. The standard InChI is InChI=1S/C14H17N3O2/c1-5-11(10(4)18)14-16-13(17-19-14)12-9(3)6-8(2)7-15-12/h6-7,11H,5H2,1-4H3. The topological polar surface area (TPSA) is 68.9 Å². The Morgan fingerprint density at radius 2 is 2.16 bits per heavy atom. The number of nitrogens with zero attached hydrogens (tertiary/aromatic N) is 3. The molecule has 100 valence electrons. The van der Waals surface area contributed by atoms with Gasteiger partial charge >= 0.3 is 0 Å². The van der Waals surface area contributed by atoms with Crippen LogP contribution in [-0.2, 0) is 4.79 Å². The molecule has 0 N–H and O–H groups in total. The van der Waals surface area contributed by atoms with E-state index in [9.17, 15) is 4.79 Å². The minimum absolute atomic E-state index is 0.0336. The summed E-state index contributed by atoms with van der Waals surface area (Å²) in [6.45, 7) is 7.39. The van der Waals surface area contributed by atoms with E-state index in [0.717, 1.165) is 11.1 Å². The van der Waals surface area contributed by atoms with E-state index in [0.29, 0.717) is 23.8 Å². The van der Waals surface area contributed by atoms with Gasteiger partial charge in [-0.1, -0.05) is 18.1 Å². The Kier molecular flexibility index (Phi) is 3.74. The summed E-state index contributed by atoms with van der Waals surface area (Å²) in [6.07, 6.45) is 2.41. The lowest BCUT2D eigenvalue weighted by Crippen LogP contribution is -2.07. The van der Waals surface area contributed by atoms with Gasteiger partial charge in [-0.3, -0.25) is 9.78 Å². The molecule has 0 aliphatic rings. The number of rotatable bonds is 4. The van der Waals surface area contributed by atoms with Crippen molar-refractivity contribution in [2.45, 2.75) is 40.0 Å². The molecule has 0 aliphatic carbocycles. The molecule has 2 aromatic heterocycles. The van der Waals surface area contributed by atoms with Crippen molar-refractivity contribution in [1.82, 2.24) is 15.1 Å². The Balaban J connectivity index is 2.38. The van der Waals surface area contributed by atoms with Gasteiger partial charge in [0, 0.05) is 6.20 Å². The van der Waals surface area contributed by atoms with E-state index >= 15 is 0 Å². The zero-order valence-electron chi connectivity index (χ0n) is 11.6. The monoisotopic (exact) mass is 259 g/mol. The molecule has 1 unspecified atom stereocenters. The lowest BCUT2D eigenvalue weighted by atomic mass is 10.0. The highest BCUT2D eigenvalue weighted by molar-refractivity contribution is 5.82. The Hall–Kier alpha value is -2.04. The van der Waals surface area contributed by atoms with Gasteiger partial charge in [-0.15, -0.1) is 0 Å². The van der Waals surface area contributed by atoms with Crippen molar-refractivity contribution in [1.29, 1.82) is 0 Å². The van der Waals surface area contributed by atoms with Crippen LogP contribution in [0, 0.1) is 13.8 Å². The van der Waals surface area contributed by atoms with Gasteiger partial charge in [0.25, 0.3) is 0 Å². The van der Waals surface area contributed by atoms with Crippen LogP contribution in [0.5, 0.6) is 0 Å². The number of carbonyl (C=O) groups excluding carboxylic acids is 1. The fraction of sp³-hybridized carbons (Fsp3) is 0.429. The lowest BCUT2D eigenvalue weighted by molar-refractivity contribution is -0.119. The van der Waals surface area contributed by atoms with E-state index in [4.69, 9.17) is 4.52 Å². The number of aromatic nitrogens is 3. The molecule has 0 aliphatic heterocycles. The van der Waals surface area contributed by atoms with E-state index in [1.54, 1.807) is 6.20 Å². The van der Waals surface area contributed by atoms with Gasteiger partial charge in [-0.2, -0.15) is 4.98 Å². The number of ketones is 1. The summed E-state index contributed by atoms with van der Waals surface area (Å²) in [7, 11) is 0. The second-order valence-electron chi connectivity index (χ2n) is 4.71. The fourth-order valence-electron chi connectivity index (χ4n) is 2.06. The highest BCUT2D eigenvalue weighted by Crippen LogP contribution is 2.23. The molecule has 0 saturated heterocycles. The molecular weight excluding hydrogens is 242 g/mol. The van der Waals surface area contributed by atoms with Gasteiger partial charge in [0.15, 0.2) is 0 Å². The summed E-state index contributed by atoms with van der Waals surface area (Å²) in [6, 6.07) is 2.01. The summed E-state index contributed by atoms with van der Waals surface area (Å²) in [4.78, 5) is 20.1. The number of hydrogen-bond acceptors (Lipinski definition) is 5. The van der Waals surface area contributed by atoms with Gasteiger partial charge in [0.05, 0.1) is 5.92 Å². The SMILES string of the molecule is CCC(C(C)=O)c1nc(-c2ncc(C)cc2C)no1. The molecule has 1 atom stereocenters. The molecule has 2 aromatic rings. The average Bonchev–Trinajstić information content (AvgIpc) is 2.78. The van der Waals surface area contributed by atoms with Crippen molar-refractivity contribution in [2.24, 2.45) is 0 Å². The number of aryl methyl sites for hydroxylation is 2. The first-order valence-corrected chi connectivity index (χ1v) is 6.30. The van der Waals surface area contributed by atoms with Gasteiger partial charge in [-0.05, 0) is 38.3 Å². The van der Waals surface area contributed by atoms with Gasteiger partial charge in [0.1, 0.15) is 11.5 Å². The maximum atomic E-state index is 11.5. The van der Waals surface area contributed by atoms with Crippen molar-refractivity contribution in [3.8, 4) is 11.5 Å². The van der Waals surface area contributed by atoms with Crippen molar-refractivity contribution in [2.75, 3.05) is 0 Å². The molecule has 0 radical (unpaired) electrons. The van der Waals surface area contributed by atoms with Crippen LogP contribution in [0.4, 0.5) is 0 Å². The second kappa shape index (κ2) is 5.30. The smallest absolute Gasteiger partial charge is 0.237 e. The van der Waals surface area contributed by atoms with E-state index in [-0.39, 0.29) is 11.7 Å². The van der Waals surface area contributed by atoms with Crippen molar-refractivity contribution in [3.63, 3.8) is 0 Å². The third kappa shape index (κ3) is 2.70. The number of pyridine rings is 1. The van der Waals surface area contributed by atoms with E-state index in [1.807, 2.05) is 26.8 Å². The third-order valence-electron chi connectivity index (χ3n) is 3.07. The molecule has 0 fully saturated rings. The van der Waals surface area contributed by atoms with Crippen LogP contribution < -0.4 is 0 Å². The van der Waals surface area contributed by atoms with Crippen LogP contribution in [0.3, 0.4) is 0 Å². The fourth-order valence-corrected chi connectivity index (χ4v) is 2.06. The first-order chi connectivity index (χ1) is 9.02. The Labute approximate surface area is 112 Å². The molecule has 2 rings (SSSR count). The summed E-state index contributed by atoms with van der Waals surface area (Å²) in [5.74, 6) is 0.511. The zero-order valence-corrected chi connectivity index (χ0v) is 11.6. The summed E-state index contributed by atoms with van der Waals surface area (Å²) < 4.78 is 5.20. The Bertz CT molecular complexity index is 604. The highest BCUT2D eigenvalue weighted by Gasteiger charge is 2.22. The largest absolute Gasteiger partial charge is 0.338 e. The van der Waals surface area contributed by atoms with Gasteiger partial charge < -0.3 is 4.52 Å². The summed E-state index contributed by atoms with van der Waals surface area (Å²) in [5.41, 5.74) is 2.77. The minimum Gasteiger partial charge on any atom is -0.338 e. The van der Waals surface area contributed by atoms with Gasteiger partial charge in [-0.25, -0.2) is 0 Å². The Morgan fingerprint density at radius 1 is 1.42 bits per heavy atom. The first-order valence-electron chi connectivity index (χ1n) is 6.30. The lowest BCUT2D eigenvalue weighted by Gasteiger charge is -2.03. The molecule has 5 heteroatoms. The van der Waals surface area contributed by atoms with Crippen molar-refractivity contribution < 1.29 is 9.32 Å². The van der Waals surface area contributed by atoms with Crippen molar-refractivity contribution in [3.05, 3.63) is 29.3 Å². The van der Waals surface area contributed by atoms with Crippen LogP contribution in [0.2, 0.25) is 0 Å². The van der Waals surface area contributed by atoms with Crippen LogP contribution in [0.25, 0.3) is 11.5 Å². The maximum Gasteiger partial charge on any atom is 0.237 e. The predicted molar refractivity (Wildman–Crippen MR) is 70.7 cm³/mol. The quantitative estimate of drug-likeness (QED) is 0.844. The maximum absolute atomic E-state index is 11.5. The molecule has 0 amide bonds. The first kappa shape index (κ1) is 13.4. The van der Waals surface area contributed by atoms with Crippen molar-refractivity contribution >= 4 is 5.78 Å². The number of hydrogen-bond donors (Lipinski definition) is 0. The molecule has 5 nitrogen and oxygen atoms in total. The molecule has 0 saturated carbocycles. The minimum atomic E-state index is -0.327. The Morgan fingerprint density at radius 3 is 2.74 bits per heavy atom. The summed E-state index contributed by atoms with van der Waals surface area (Å²) >= 11 is 0. The average molecular weight is 259 g/mol. The van der Waals surface area contributed by atoms with Crippen LogP contribution in [0.1, 0.15) is 43.2 Å². The van der Waals surface area contributed by atoms with E-state index < -0.39 is 0 Å². The number of Topliss-reactive ketones (excluding diaryl/α,β-unsaturated/α-hetero) is 1. The molecule has 0 spiro atoms. The van der Waals surface area contributed by atoms with Gasteiger partial charge in [0.2, 0.25) is 11.7 Å². The highest BCUT2D eigenvalue weighted by atomic mass is 16.5. The zero-order chi connectivity index (χ0) is 14.0. The molecular formula is C14H17N3O2. The molecule has 0 aromatic carbocycles. The van der Waals surface area contributed by atoms with E-state index in [1.165, 1.54) is 6.92 Å².